The van der Waals surface area contributed by atoms with Crippen molar-refractivity contribution in [3.8, 4) is 11.1 Å². The number of hydrogen-bond acceptors (Lipinski definition) is 2. The summed E-state index contributed by atoms with van der Waals surface area (Å²) in [6.07, 6.45) is 0. The van der Waals surface area contributed by atoms with E-state index in [9.17, 15) is 0 Å². The number of benzene rings is 7. The predicted octanol–water partition coefficient (Wildman–Crippen LogP) is 11.5. The molecule has 7 aromatic carbocycles. The fourth-order valence-corrected chi connectivity index (χ4v) is 7.39. The van der Waals surface area contributed by atoms with Crippen molar-refractivity contribution in [2.75, 3.05) is 4.90 Å². The Kier molecular flexibility index (Phi) is 5.39. The molecule has 8 rings (SSSR count). The second-order valence-corrected chi connectivity index (χ2v) is 11.2. The summed E-state index contributed by atoms with van der Waals surface area (Å²) in [5.41, 5.74) is 5.94. The van der Waals surface area contributed by atoms with Crippen LogP contribution >= 0.6 is 11.3 Å². The van der Waals surface area contributed by atoms with E-state index in [-0.39, 0.29) is 0 Å². The largest absolute Gasteiger partial charge is 0.309 e. The van der Waals surface area contributed by atoms with Crippen molar-refractivity contribution in [2.45, 2.75) is 0 Å². The Hall–Kier alpha value is -4.92. The lowest BCUT2D eigenvalue weighted by Crippen LogP contribution is -2.09. The quantitative estimate of drug-likeness (QED) is 0.206. The molecule has 0 N–H and O–H groups in total. The van der Waals surface area contributed by atoms with Gasteiger partial charge in [-0.1, -0.05) is 121 Å². The van der Waals surface area contributed by atoms with Crippen LogP contribution in [-0.2, 0) is 0 Å². The molecule has 0 aliphatic rings. The smallest absolute Gasteiger partial charge is 0.0640 e. The van der Waals surface area contributed by atoms with E-state index < -0.39 is 0 Å². The standard InChI is InChI=1S/C38H25NS/c1-3-12-26(13-4-1)27-22-24-29(25-23-27)39(28-14-5-2-6-15-28)35-21-11-20-34-36-32-18-9-7-16-30(32)31-17-8-10-19-33(31)38(36)40-37(34)35/h1-25H. The Morgan fingerprint density at radius 3 is 1.60 bits per heavy atom. The van der Waals surface area contributed by atoms with Crippen LogP contribution in [0.5, 0.6) is 0 Å². The van der Waals surface area contributed by atoms with Gasteiger partial charge in [0.25, 0.3) is 0 Å². The summed E-state index contributed by atoms with van der Waals surface area (Å²) in [6.45, 7) is 0. The lowest BCUT2D eigenvalue weighted by Gasteiger charge is -2.26. The van der Waals surface area contributed by atoms with Crippen molar-refractivity contribution in [3.05, 3.63) is 152 Å². The topological polar surface area (TPSA) is 3.24 Å². The second kappa shape index (κ2) is 9.37. The zero-order chi connectivity index (χ0) is 26.5. The summed E-state index contributed by atoms with van der Waals surface area (Å²) >= 11 is 1.91. The number of nitrogens with zero attached hydrogens (tertiary/aromatic N) is 1. The average Bonchev–Trinajstić information content (AvgIpc) is 3.44. The van der Waals surface area contributed by atoms with Crippen molar-refractivity contribution < 1.29 is 0 Å². The number of para-hydroxylation sites is 1. The first kappa shape index (κ1) is 23.0. The SMILES string of the molecule is c1ccc(-c2ccc(N(c3ccccc3)c3cccc4c3sc3c5ccccc5c5ccccc5c43)cc2)cc1. The van der Waals surface area contributed by atoms with Gasteiger partial charge in [0.05, 0.1) is 10.4 Å². The Morgan fingerprint density at radius 2 is 0.875 bits per heavy atom. The van der Waals surface area contributed by atoms with Crippen molar-refractivity contribution in [1.29, 1.82) is 0 Å². The van der Waals surface area contributed by atoms with Gasteiger partial charge in [-0.2, -0.15) is 0 Å². The summed E-state index contributed by atoms with van der Waals surface area (Å²) in [5, 5.41) is 7.92. The van der Waals surface area contributed by atoms with Gasteiger partial charge >= 0.3 is 0 Å². The van der Waals surface area contributed by atoms with Crippen molar-refractivity contribution >= 4 is 70.1 Å². The number of anilines is 3. The molecule has 0 radical (unpaired) electrons. The van der Waals surface area contributed by atoms with Crippen LogP contribution in [-0.4, -0.2) is 0 Å². The van der Waals surface area contributed by atoms with Gasteiger partial charge in [-0.15, -0.1) is 11.3 Å². The van der Waals surface area contributed by atoms with Crippen LogP contribution in [0.15, 0.2) is 152 Å². The fraction of sp³-hybridized carbons (Fsp3) is 0. The molecule has 188 valence electrons. The molecular formula is C38H25NS. The Bertz CT molecular complexity index is 2140. The molecular weight excluding hydrogens is 502 g/mol. The van der Waals surface area contributed by atoms with E-state index in [1.165, 1.54) is 58.5 Å². The van der Waals surface area contributed by atoms with E-state index in [0.29, 0.717) is 0 Å². The van der Waals surface area contributed by atoms with E-state index >= 15 is 0 Å². The molecule has 0 unspecified atom stereocenters. The van der Waals surface area contributed by atoms with Gasteiger partial charge in [0.2, 0.25) is 0 Å². The third-order valence-corrected chi connectivity index (χ3v) is 9.10. The highest BCUT2D eigenvalue weighted by atomic mass is 32.1. The molecule has 0 aliphatic heterocycles. The molecule has 0 saturated heterocycles. The third-order valence-electron chi connectivity index (χ3n) is 7.84. The van der Waals surface area contributed by atoms with Crippen LogP contribution in [0, 0.1) is 0 Å². The minimum absolute atomic E-state index is 1.14. The summed E-state index contributed by atoms with van der Waals surface area (Å²) in [6, 6.07) is 54.7. The van der Waals surface area contributed by atoms with E-state index in [1.54, 1.807) is 0 Å². The minimum Gasteiger partial charge on any atom is -0.309 e. The van der Waals surface area contributed by atoms with Crippen molar-refractivity contribution in [3.63, 3.8) is 0 Å². The fourth-order valence-electron chi connectivity index (χ4n) is 6.03. The average molecular weight is 528 g/mol. The third kappa shape index (κ3) is 3.61. The predicted molar refractivity (Wildman–Crippen MR) is 174 cm³/mol. The maximum Gasteiger partial charge on any atom is 0.0640 e. The van der Waals surface area contributed by atoms with Crippen molar-refractivity contribution in [1.82, 2.24) is 0 Å². The van der Waals surface area contributed by atoms with Crippen LogP contribution in [0.1, 0.15) is 0 Å². The molecule has 0 fully saturated rings. The maximum absolute atomic E-state index is 2.40. The molecule has 2 heteroatoms. The van der Waals surface area contributed by atoms with Gasteiger partial charge in [0.1, 0.15) is 0 Å². The van der Waals surface area contributed by atoms with E-state index in [4.69, 9.17) is 0 Å². The van der Waals surface area contributed by atoms with Gasteiger partial charge < -0.3 is 4.90 Å². The minimum atomic E-state index is 1.14. The molecule has 8 aromatic rings. The van der Waals surface area contributed by atoms with Crippen LogP contribution in [0.25, 0.3) is 52.8 Å². The number of rotatable bonds is 4. The lowest BCUT2D eigenvalue weighted by molar-refractivity contribution is 1.30. The van der Waals surface area contributed by atoms with Gasteiger partial charge in [-0.3, -0.25) is 0 Å². The Labute approximate surface area is 237 Å². The Balaban J connectivity index is 1.41. The van der Waals surface area contributed by atoms with Gasteiger partial charge in [-0.25, -0.2) is 0 Å². The summed E-state index contributed by atoms with van der Waals surface area (Å²) in [7, 11) is 0. The van der Waals surface area contributed by atoms with Crippen molar-refractivity contribution in [2.24, 2.45) is 0 Å². The molecule has 0 aliphatic carbocycles. The van der Waals surface area contributed by atoms with Crippen LogP contribution in [0.2, 0.25) is 0 Å². The molecule has 0 spiro atoms. The normalized spacial score (nSPS) is 11.5. The number of hydrogen-bond donors (Lipinski definition) is 0. The monoisotopic (exact) mass is 527 g/mol. The zero-order valence-electron chi connectivity index (χ0n) is 21.8. The van der Waals surface area contributed by atoms with Gasteiger partial charge in [-0.05, 0) is 57.6 Å². The highest BCUT2D eigenvalue weighted by Crippen LogP contribution is 2.49. The summed E-state index contributed by atoms with van der Waals surface area (Å²) in [5.74, 6) is 0. The first-order valence-corrected chi connectivity index (χ1v) is 14.4. The molecule has 0 atom stereocenters. The highest BCUT2D eigenvalue weighted by molar-refractivity contribution is 7.27. The molecule has 40 heavy (non-hydrogen) atoms. The van der Waals surface area contributed by atoms with Crippen LogP contribution in [0.4, 0.5) is 17.1 Å². The molecule has 0 amide bonds. The van der Waals surface area contributed by atoms with E-state index in [0.717, 1.165) is 11.4 Å². The summed E-state index contributed by atoms with van der Waals surface area (Å²) < 4.78 is 2.65. The molecule has 1 heterocycles. The molecule has 0 saturated carbocycles. The van der Waals surface area contributed by atoms with E-state index in [1.807, 2.05) is 11.3 Å². The van der Waals surface area contributed by atoms with Gasteiger partial charge in [0, 0.05) is 32.2 Å². The maximum atomic E-state index is 2.40. The molecule has 0 bridgehead atoms. The summed E-state index contributed by atoms with van der Waals surface area (Å²) in [4.78, 5) is 2.40. The highest BCUT2D eigenvalue weighted by Gasteiger charge is 2.20. The first-order valence-electron chi connectivity index (χ1n) is 13.6. The second-order valence-electron chi connectivity index (χ2n) is 10.1. The molecule has 1 nitrogen and oxygen atoms in total. The first-order chi connectivity index (χ1) is 19.9. The zero-order valence-corrected chi connectivity index (χ0v) is 22.6. The Morgan fingerprint density at radius 1 is 0.350 bits per heavy atom. The lowest BCUT2D eigenvalue weighted by atomic mass is 9.97. The van der Waals surface area contributed by atoms with Crippen LogP contribution < -0.4 is 4.90 Å². The van der Waals surface area contributed by atoms with Gasteiger partial charge in [0.15, 0.2) is 0 Å². The number of fused-ring (bicyclic) bond motifs is 8. The number of thiophene rings is 1. The molecule has 1 aromatic heterocycles. The van der Waals surface area contributed by atoms with E-state index in [2.05, 4.69) is 157 Å². The van der Waals surface area contributed by atoms with Crippen LogP contribution in [0.3, 0.4) is 0 Å².